The molecule has 0 aliphatic heterocycles. The molecular weight excluding hydrogens is 675 g/mol. The van der Waals surface area contributed by atoms with Crippen LogP contribution in [0.5, 0.6) is 0 Å². The summed E-state index contributed by atoms with van der Waals surface area (Å²) >= 11 is 0. The Hall–Kier alpha value is -4.88. The van der Waals surface area contributed by atoms with E-state index in [9.17, 15) is 0 Å². The lowest BCUT2D eigenvalue weighted by Gasteiger charge is -2.57. The maximum absolute atomic E-state index is 2.54. The Kier molecular flexibility index (Phi) is 8.03. The van der Waals surface area contributed by atoms with Gasteiger partial charge in [-0.25, -0.2) is 0 Å². The van der Waals surface area contributed by atoms with Gasteiger partial charge >= 0.3 is 0 Å². The number of rotatable bonds is 7. The van der Waals surface area contributed by atoms with Gasteiger partial charge in [-0.3, -0.25) is 0 Å². The van der Waals surface area contributed by atoms with Crippen LogP contribution in [-0.4, -0.2) is 0 Å². The lowest BCUT2D eigenvalue weighted by atomic mass is 9.48. The summed E-state index contributed by atoms with van der Waals surface area (Å²) < 4.78 is 0. The van der Waals surface area contributed by atoms with Gasteiger partial charge in [-0.15, -0.1) is 0 Å². The molecule has 0 N–H and O–H groups in total. The van der Waals surface area contributed by atoms with Crippen molar-refractivity contribution >= 4 is 17.1 Å². The highest BCUT2D eigenvalue weighted by Crippen LogP contribution is 2.61. The van der Waals surface area contributed by atoms with Gasteiger partial charge in [0, 0.05) is 27.9 Å². The predicted molar refractivity (Wildman–Crippen MR) is 234 cm³/mol. The third-order valence-electron chi connectivity index (χ3n) is 15.5. The highest BCUT2D eigenvalue weighted by atomic mass is 15.1. The molecule has 280 valence electrons. The van der Waals surface area contributed by atoms with Crippen LogP contribution >= 0.6 is 0 Å². The molecule has 0 aromatic heterocycles. The molecule has 56 heavy (non-hydrogen) atoms. The fourth-order valence-electron chi connectivity index (χ4n) is 13.2. The predicted octanol–water partition coefficient (Wildman–Crippen LogP) is 14.8. The first kappa shape index (κ1) is 34.4. The maximum atomic E-state index is 2.54. The minimum Gasteiger partial charge on any atom is -0.310 e. The van der Waals surface area contributed by atoms with Crippen molar-refractivity contribution in [2.75, 3.05) is 4.90 Å². The Balaban J connectivity index is 1.02. The normalized spacial score (nSPS) is 25.1. The first-order valence-corrected chi connectivity index (χ1v) is 21.8. The van der Waals surface area contributed by atoms with Gasteiger partial charge in [-0.05, 0) is 161 Å². The van der Waals surface area contributed by atoms with Crippen LogP contribution in [0.1, 0.15) is 112 Å². The third kappa shape index (κ3) is 5.40. The van der Waals surface area contributed by atoms with E-state index >= 15 is 0 Å². The van der Waals surface area contributed by atoms with Gasteiger partial charge in [0.15, 0.2) is 0 Å². The van der Waals surface area contributed by atoms with Crippen molar-refractivity contribution in [3.05, 3.63) is 173 Å². The van der Waals surface area contributed by atoms with E-state index in [4.69, 9.17) is 0 Å². The van der Waals surface area contributed by atoms with Crippen LogP contribution in [-0.2, 0) is 16.2 Å². The van der Waals surface area contributed by atoms with Crippen molar-refractivity contribution in [2.24, 2.45) is 17.8 Å². The molecule has 0 amide bonds. The molecule has 6 aromatic rings. The number of benzene rings is 6. The van der Waals surface area contributed by atoms with Crippen LogP contribution in [0.15, 0.2) is 146 Å². The van der Waals surface area contributed by atoms with E-state index in [1.165, 1.54) is 132 Å². The topological polar surface area (TPSA) is 3.24 Å². The van der Waals surface area contributed by atoms with Gasteiger partial charge in [-0.2, -0.15) is 0 Å². The Bertz CT molecular complexity index is 2340. The SMILES string of the molecule is CC1(C)c2cc(N(c3ccc(C45CC6CC(CC(C6)C4)C5)cc3)c3ccc(C4(c5ccccc5)CCCCC4)cc3)ccc2-c2c(-c3ccccc3)cccc21. The molecule has 1 nitrogen and oxygen atoms in total. The highest BCUT2D eigenvalue weighted by Gasteiger charge is 2.51. The van der Waals surface area contributed by atoms with Gasteiger partial charge in [0.2, 0.25) is 0 Å². The summed E-state index contributed by atoms with van der Waals surface area (Å²) in [6.45, 7) is 4.84. The van der Waals surface area contributed by atoms with Crippen molar-refractivity contribution in [1.82, 2.24) is 0 Å². The first-order chi connectivity index (χ1) is 27.4. The summed E-state index contributed by atoms with van der Waals surface area (Å²) in [5, 5.41) is 0. The second-order valence-corrected chi connectivity index (χ2v) is 19.1. The van der Waals surface area contributed by atoms with Gasteiger partial charge in [-0.1, -0.05) is 142 Å². The lowest BCUT2D eigenvalue weighted by molar-refractivity contribution is -0.00518. The Morgan fingerprint density at radius 1 is 0.464 bits per heavy atom. The van der Waals surface area contributed by atoms with Crippen LogP contribution < -0.4 is 4.90 Å². The average Bonchev–Trinajstić information content (AvgIpc) is 3.47. The van der Waals surface area contributed by atoms with Crippen LogP contribution in [0, 0.1) is 17.8 Å². The van der Waals surface area contributed by atoms with Crippen molar-refractivity contribution in [1.29, 1.82) is 0 Å². The fourth-order valence-corrected chi connectivity index (χ4v) is 13.2. The van der Waals surface area contributed by atoms with E-state index in [2.05, 4.69) is 164 Å². The van der Waals surface area contributed by atoms with Gasteiger partial charge in [0.25, 0.3) is 0 Å². The van der Waals surface area contributed by atoms with Crippen LogP contribution in [0.3, 0.4) is 0 Å². The zero-order chi connectivity index (χ0) is 37.5. The molecular formula is C55H55N. The quantitative estimate of drug-likeness (QED) is 0.158. The molecule has 5 saturated carbocycles. The molecule has 0 unspecified atom stereocenters. The van der Waals surface area contributed by atoms with E-state index in [1.807, 2.05) is 0 Å². The molecule has 6 aliphatic carbocycles. The monoisotopic (exact) mass is 729 g/mol. The van der Waals surface area contributed by atoms with Crippen molar-refractivity contribution < 1.29 is 0 Å². The van der Waals surface area contributed by atoms with E-state index in [-0.39, 0.29) is 10.8 Å². The standard InChI is InChI=1S/C55H55N/c1-53(2)50-18-12-17-48(41-13-6-3-7-14-41)52(50)49-28-27-47(34-51(49)53)56(45-23-19-42(20-24-45)54-35-38-31-39(36-54)33-40(32-38)37-54)46-25-21-44(22-26-46)55(29-10-5-11-30-55)43-15-8-4-9-16-43/h3-4,6-9,12-28,34,38-40H,5,10-11,29-33,35-37H2,1-2H3. The van der Waals surface area contributed by atoms with E-state index in [1.54, 1.807) is 5.56 Å². The minimum absolute atomic E-state index is 0.0855. The fraction of sp³-hybridized carbons (Fsp3) is 0.345. The summed E-state index contributed by atoms with van der Waals surface area (Å²) in [6.07, 6.45) is 15.0. The number of anilines is 3. The van der Waals surface area contributed by atoms with E-state index in [0.717, 1.165) is 17.8 Å². The number of nitrogens with zero attached hydrogens (tertiary/aromatic N) is 1. The van der Waals surface area contributed by atoms with Crippen molar-refractivity contribution in [3.8, 4) is 22.3 Å². The molecule has 0 saturated heterocycles. The molecule has 0 radical (unpaired) electrons. The molecule has 5 fully saturated rings. The Morgan fingerprint density at radius 2 is 1.02 bits per heavy atom. The summed E-state index contributed by atoms with van der Waals surface area (Å²) in [5.74, 6) is 2.83. The summed E-state index contributed by atoms with van der Waals surface area (Å²) in [4.78, 5) is 2.54. The number of hydrogen-bond acceptors (Lipinski definition) is 1. The van der Waals surface area contributed by atoms with Gasteiger partial charge in [0.1, 0.15) is 0 Å². The molecule has 4 bridgehead atoms. The average molecular weight is 730 g/mol. The number of fused-ring (bicyclic) bond motifs is 3. The molecule has 1 heteroatoms. The van der Waals surface area contributed by atoms with E-state index < -0.39 is 0 Å². The molecule has 0 atom stereocenters. The molecule has 0 spiro atoms. The van der Waals surface area contributed by atoms with Crippen molar-refractivity contribution in [2.45, 2.75) is 101 Å². The largest absolute Gasteiger partial charge is 0.310 e. The minimum atomic E-state index is -0.119. The van der Waals surface area contributed by atoms with Gasteiger partial charge in [0.05, 0.1) is 0 Å². The van der Waals surface area contributed by atoms with Crippen molar-refractivity contribution in [3.63, 3.8) is 0 Å². The third-order valence-corrected chi connectivity index (χ3v) is 15.5. The zero-order valence-corrected chi connectivity index (χ0v) is 33.3. The zero-order valence-electron chi connectivity index (χ0n) is 33.3. The second-order valence-electron chi connectivity index (χ2n) is 19.1. The molecule has 6 aromatic carbocycles. The Morgan fingerprint density at radius 3 is 1.64 bits per heavy atom. The lowest BCUT2D eigenvalue weighted by Crippen LogP contribution is -2.48. The molecule has 12 rings (SSSR count). The summed E-state index contributed by atoms with van der Waals surface area (Å²) in [6, 6.07) is 56.2. The van der Waals surface area contributed by atoms with E-state index in [0.29, 0.717) is 5.41 Å². The molecule has 0 heterocycles. The highest BCUT2D eigenvalue weighted by molar-refractivity contribution is 5.94. The summed E-state index contributed by atoms with van der Waals surface area (Å²) in [7, 11) is 0. The second kappa shape index (κ2) is 13.1. The maximum Gasteiger partial charge on any atom is 0.0465 e. The Labute approximate surface area is 334 Å². The smallest absolute Gasteiger partial charge is 0.0465 e. The van der Waals surface area contributed by atoms with Gasteiger partial charge < -0.3 is 4.90 Å². The van der Waals surface area contributed by atoms with Crippen LogP contribution in [0.2, 0.25) is 0 Å². The van der Waals surface area contributed by atoms with Crippen LogP contribution in [0.4, 0.5) is 17.1 Å². The number of hydrogen-bond donors (Lipinski definition) is 0. The molecule has 6 aliphatic rings. The first-order valence-electron chi connectivity index (χ1n) is 21.8. The summed E-state index contributed by atoms with van der Waals surface area (Å²) in [5.41, 5.74) is 16.8. The van der Waals surface area contributed by atoms with Crippen LogP contribution in [0.25, 0.3) is 22.3 Å².